The number of nitrogens with one attached hydrogen (secondary N) is 3. The topological polar surface area (TPSA) is 110 Å². The molecule has 28 heavy (non-hydrogen) atoms. The predicted molar refractivity (Wildman–Crippen MR) is 103 cm³/mol. The summed E-state index contributed by atoms with van der Waals surface area (Å²) in [7, 11) is 0. The molecule has 0 bridgehead atoms. The molecule has 2 aliphatic rings. The van der Waals surface area contributed by atoms with Crippen molar-refractivity contribution >= 4 is 22.6 Å². The first-order valence-electron chi connectivity index (χ1n) is 9.81. The number of imidazole rings is 1. The van der Waals surface area contributed by atoms with E-state index >= 15 is 0 Å². The molecule has 0 radical (unpaired) electrons. The van der Waals surface area contributed by atoms with Crippen LogP contribution in [0.2, 0.25) is 0 Å². The second kappa shape index (κ2) is 7.33. The van der Waals surface area contributed by atoms with Crippen LogP contribution in [-0.2, 0) is 4.74 Å². The van der Waals surface area contributed by atoms with E-state index in [-0.39, 0.29) is 12.0 Å². The highest BCUT2D eigenvalue weighted by Gasteiger charge is 2.22. The molecule has 1 unspecified atom stereocenters. The summed E-state index contributed by atoms with van der Waals surface area (Å²) >= 11 is 0. The maximum Gasteiger partial charge on any atom is 0.277 e. The van der Waals surface area contributed by atoms with E-state index in [1.54, 1.807) is 6.20 Å². The number of hydrogen-bond donors (Lipinski definition) is 3. The van der Waals surface area contributed by atoms with Crippen LogP contribution in [-0.4, -0.2) is 50.6 Å². The number of ether oxygens (including phenoxy) is 1. The minimum Gasteiger partial charge on any atom is -0.370 e. The summed E-state index contributed by atoms with van der Waals surface area (Å²) < 4.78 is 7.50. The molecule has 0 saturated carbocycles. The lowest BCUT2D eigenvalue weighted by Crippen LogP contribution is -2.29. The van der Waals surface area contributed by atoms with E-state index in [2.05, 4.69) is 30.9 Å². The zero-order chi connectivity index (χ0) is 18.9. The van der Waals surface area contributed by atoms with Gasteiger partial charge in [0.15, 0.2) is 5.69 Å². The molecule has 1 amide bonds. The first kappa shape index (κ1) is 17.3. The average molecular weight is 381 g/mol. The summed E-state index contributed by atoms with van der Waals surface area (Å²) in [6.45, 7) is 2.70. The van der Waals surface area contributed by atoms with Crippen molar-refractivity contribution in [3.63, 3.8) is 0 Å². The molecule has 0 aliphatic carbocycles. The van der Waals surface area contributed by atoms with E-state index in [1.165, 1.54) is 0 Å². The van der Waals surface area contributed by atoms with Crippen molar-refractivity contribution in [3.05, 3.63) is 35.9 Å². The Labute approximate surface area is 161 Å². The van der Waals surface area contributed by atoms with Gasteiger partial charge in [0.05, 0.1) is 23.3 Å². The Hall–Kier alpha value is -2.78. The summed E-state index contributed by atoms with van der Waals surface area (Å²) in [5.74, 6) is 0.583. The largest absolute Gasteiger partial charge is 0.370 e. The third-order valence-electron chi connectivity index (χ3n) is 5.42. The number of hydrogen-bond acceptors (Lipinski definition) is 6. The van der Waals surface area contributed by atoms with Gasteiger partial charge in [0.2, 0.25) is 0 Å². The summed E-state index contributed by atoms with van der Waals surface area (Å²) in [4.78, 5) is 20.5. The van der Waals surface area contributed by atoms with Gasteiger partial charge < -0.3 is 20.4 Å². The lowest BCUT2D eigenvalue weighted by Gasteiger charge is -2.22. The zero-order valence-electron chi connectivity index (χ0n) is 15.5. The van der Waals surface area contributed by atoms with Crippen LogP contribution in [0, 0.1) is 0 Å². The Bertz CT molecular complexity index is 983. The van der Waals surface area contributed by atoms with Gasteiger partial charge in [-0.2, -0.15) is 0 Å². The quantitative estimate of drug-likeness (QED) is 0.639. The van der Waals surface area contributed by atoms with Crippen LogP contribution >= 0.6 is 0 Å². The number of aromatic amines is 1. The number of nitrogens with zero attached hydrogens (tertiary/aromatic N) is 4. The average Bonchev–Trinajstić information content (AvgIpc) is 3.47. The van der Waals surface area contributed by atoms with Crippen LogP contribution in [0.25, 0.3) is 11.0 Å². The maximum absolute atomic E-state index is 12.6. The second-order valence-electron chi connectivity index (χ2n) is 7.37. The molecule has 1 atom stereocenters. The van der Waals surface area contributed by atoms with Gasteiger partial charge in [0.25, 0.3) is 5.91 Å². The smallest absolute Gasteiger partial charge is 0.277 e. The fourth-order valence-electron chi connectivity index (χ4n) is 3.88. The standard InChI is InChI=1S/C19H23N7O2/c27-19(16-11-26(25-24-16)13-5-7-20-8-6-13)21-12-3-4-14-15(10-12)23-18(22-14)17-2-1-9-28-17/h3-4,10-11,13,17,20H,1-2,5-9H2,(H,21,27)(H,22,23). The number of carbonyl (C=O) groups is 1. The molecule has 3 N–H and O–H groups in total. The van der Waals surface area contributed by atoms with Crippen LogP contribution in [0.1, 0.15) is 54.1 Å². The number of piperidine rings is 1. The van der Waals surface area contributed by atoms with E-state index in [1.807, 2.05) is 22.9 Å². The maximum atomic E-state index is 12.6. The molecule has 2 aromatic heterocycles. The van der Waals surface area contributed by atoms with Crippen molar-refractivity contribution in [1.82, 2.24) is 30.3 Å². The molecule has 0 spiro atoms. The van der Waals surface area contributed by atoms with Crippen molar-refractivity contribution in [1.29, 1.82) is 0 Å². The van der Waals surface area contributed by atoms with Crippen molar-refractivity contribution in [2.75, 3.05) is 25.0 Å². The molecule has 9 nitrogen and oxygen atoms in total. The normalized spacial score (nSPS) is 20.6. The molecule has 2 saturated heterocycles. The van der Waals surface area contributed by atoms with Crippen LogP contribution in [0.3, 0.4) is 0 Å². The van der Waals surface area contributed by atoms with E-state index in [0.29, 0.717) is 17.4 Å². The fourth-order valence-corrected chi connectivity index (χ4v) is 3.88. The number of H-pyrrole nitrogens is 1. The Morgan fingerprint density at radius 3 is 2.96 bits per heavy atom. The number of carbonyl (C=O) groups excluding carboxylic acids is 1. The van der Waals surface area contributed by atoms with Gasteiger partial charge in [0, 0.05) is 12.3 Å². The lowest BCUT2D eigenvalue weighted by atomic mass is 10.1. The monoisotopic (exact) mass is 381 g/mol. The van der Waals surface area contributed by atoms with Crippen LogP contribution in [0.15, 0.2) is 24.4 Å². The molecule has 1 aromatic carbocycles. The van der Waals surface area contributed by atoms with Gasteiger partial charge in [-0.3, -0.25) is 4.79 Å². The predicted octanol–water partition coefficient (Wildman–Crippen LogP) is 2.18. The minimum absolute atomic E-state index is 0.0375. The van der Waals surface area contributed by atoms with E-state index < -0.39 is 0 Å². The van der Waals surface area contributed by atoms with Gasteiger partial charge in [-0.25, -0.2) is 9.67 Å². The van der Waals surface area contributed by atoms with Gasteiger partial charge >= 0.3 is 0 Å². The highest BCUT2D eigenvalue weighted by Crippen LogP contribution is 2.28. The van der Waals surface area contributed by atoms with Crippen molar-refractivity contribution in [2.24, 2.45) is 0 Å². The molecule has 2 aliphatic heterocycles. The van der Waals surface area contributed by atoms with E-state index in [9.17, 15) is 4.79 Å². The SMILES string of the molecule is O=C(Nc1ccc2nc(C3CCCO3)[nH]c2c1)c1cn(C2CCNCC2)nn1. The molecular formula is C19H23N7O2. The zero-order valence-corrected chi connectivity index (χ0v) is 15.5. The van der Waals surface area contributed by atoms with Gasteiger partial charge in [-0.1, -0.05) is 5.21 Å². The number of benzene rings is 1. The number of rotatable bonds is 4. The van der Waals surface area contributed by atoms with Crippen molar-refractivity contribution in [2.45, 2.75) is 37.8 Å². The Morgan fingerprint density at radius 2 is 2.14 bits per heavy atom. The highest BCUT2D eigenvalue weighted by molar-refractivity contribution is 6.03. The van der Waals surface area contributed by atoms with Crippen LogP contribution in [0.4, 0.5) is 5.69 Å². The van der Waals surface area contributed by atoms with Crippen LogP contribution in [0.5, 0.6) is 0 Å². The van der Waals surface area contributed by atoms with E-state index in [0.717, 1.165) is 62.2 Å². The lowest BCUT2D eigenvalue weighted by molar-refractivity contribution is 0.102. The van der Waals surface area contributed by atoms with Crippen molar-refractivity contribution < 1.29 is 9.53 Å². The van der Waals surface area contributed by atoms with Gasteiger partial charge in [-0.05, 0) is 57.0 Å². The van der Waals surface area contributed by atoms with Gasteiger partial charge in [0.1, 0.15) is 11.9 Å². The molecule has 2 fully saturated rings. The minimum atomic E-state index is -0.265. The Morgan fingerprint density at radius 1 is 1.25 bits per heavy atom. The first-order chi connectivity index (χ1) is 13.8. The second-order valence-corrected chi connectivity index (χ2v) is 7.37. The number of amides is 1. The Kier molecular flexibility index (Phi) is 4.53. The highest BCUT2D eigenvalue weighted by atomic mass is 16.5. The molecule has 146 valence electrons. The summed E-state index contributed by atoms with van der Waals surface area (Å²) in [5.41, 5.74) is 2.75. The summed E-state index contributed by atoms with van der Waals surface area (Å²) in [6.07, 6.45) is 5.80. The first-order valence-corrected chi connectivity index (χ1v) is 9.81. The molecular weight excluding hydrogens is 358 g/mol. The number of anilines is 1. The molecule has 9 heteroatoms. The fraction of sp³-hybridized carbons (Fsp3) is 0.474. The van der Waals surface area contributed by atoms with Crippen LogP contribution < -0.4 is 10.6 Å². The molecule has 4 heterocycles. The van der Waals surface area contributed by atoms with Gasteiger partial charge in [-0.15, -0.1) is 5.10 Å². The molecule has 5 rings (SSSR count). The summed E-state index contributed by atoms with van der Waals surface area (Å²) in [6, 6.07) is 5.92. The van der Waals surface area contributed by atoms with E-state index in [4.69, 9.17) is 4.74 Å². The third-order valence-corrected chi connectivity index (χ3v) is 5.42. The number of fused-ring (bicyclic) bond motifs is 1. The Balaban J connectivity index is 1.30. The number of aromatic nitrogens is 5. The van der Waals surface area contributed by atoms with Crippen molar-refractivity contribution in [3.8, 4) is 0 Å². The summed E-state index contributed by atoms with van der Waals surface area (Å²) in [5, 5.41) is 14.4. The third kappa shape index (κ3) is 3.38. The molecule has 3 aromatic rings.